The summed E-state index contributed by atoms with van der Waals surface area (Å²) in [4.78, 5) is 2.12. The molecule has 0 spiro atoms. The van der Waals surface area contributed by atoms with Crippen LogP contribution < -0.4 is 4.74 Å². The van der Waals surface area contributed by atoms with E-state index in [2.05, 4.69) is 17.9 Å². The van der Waals surface area contributed by atoms with E-state index in [1.807, 2.05) is 7.05 Å². The number of nitrogens with zero attached hydrogens (tertiary/aromatic N) is 2. The number of nitriles is 1. The third-order valence-electron chi connectivity index (χ3n) is 3.07. The highest BCUT2D eigenvalue weighted by molar-refractivity contribution is 5.36. The van der Waals surface area contributed by atoms with Crippen LogP contribution in [0, 0.1) is 11.3 Å². The van der Waals surface area contributed by atoms with Gasteiger partial charge in [0.2, 0.25) is 0 Å². The van der Waals surface area contributed by atoms with Crippen LogP contribution in [0.15, 0.2) is 24.3 Å². The molecule has 0 aliphatic heterocycles. The molecule has 0 bridgehead atoms. The molecule has 0 amide bonds. The minimum atomic E-state index is -0.521. The highest BCUT2D eigenvalue weighted by atomic mass is 16.5. The molecule has 0 radical (unpaired) electrons. The van der Waals surface area contributed by atoms with Crippen LogP contribution >= 0.6 is 0 Å². The fourth-order valence-corrected chi connectivity index (χ4v) is 1.98. The summed E-state index contributed by atoms with van der Waals surface area (Å²) in [6.45, 7) is 4.02. The molecule has 1 N–H and O–H groups in total. The molecule has 4 heteroatoms. The standard InChI is InChI=1S/C16H24N2O2/c1-3-4-5-9-18(2)12-15(19)13-20-16-8-6-7-14(10-16)11-17/h6-8,10,15,19H,3-5,9,12-13H2,1-2H3. The van der Waals surface area contributed by atoms with Crippen LogP contribution in [0.2, 0.25) is 0 Å². The summed E-state index contributed by atoms with van der Waals surface area (Å²) in [5.41, 5.74) is 0.564. The summed E-state index contributed by atoms with van der Waals surface area (Å²) >= 11 is 0. The SMILES string of the molecule is CCCCCN(C)CC(O)COc1cccc(C#N)c1. The van der Waals surface area contributed by atoms with Crippen LogP contribution in [0.25, 0.3) is 0 Å². The normalized spacial score (nSPS) is 12.2. The minimum Gasteiger partial charge on any atom is -0.491 e. The van der Waals surface area contributed by atoms with Crippen molar-refractivity contribution in [2.24, 2.45) is 0 Å². The van der Waals surface area contributed by atoms with Gasteiger partial charge in [-0.3, -0.25) is 0 Å². The van der Waals surface area contributed by atoms with Crippen molar-refractivity contribution in [3.8, 4) is 11.8 Å². The number of hydrogen-bond donors (Lipinski definition) is 1. The van der Waals surface area contributed by atoms with Crippen molar-refractivity contribution < 1.29 is 9.84 Å². The van der Waals surface area contributed by atoms with Gasteiger partial charge < -0.3 is 14.7 Å². The first-order valence-electron chi connectivity index (χ1n) is 7.15. The van der Waals surface area contributed by atoms with Gasteiger partial charge in [-0.05, 0) is 38.2 Å². The summed E-state index contributed by atoms with van der Waals surface area (Å²) < 4.78 is 5.51. The second kappa shape index (κ2) is 9.35. The first-order chi connectivity index (χ1) is 9.65. The average molecular weight is 276 g/mol. The second-order valence-corrected chi connectivity index (χ2v) is 5.07. The molecule has 0 aromatic heterocycles. The van der Waals surface area contributed by atoms with Crippen LogP contribution in [-0.2, 0) is 0 Å². The quantitative estimate of drug-likeness (QED) is 0.704. The van der Waals surface area contributed by atoms with Gasteiger partial charge in [-0.15, -0.1) is 0 Å². The van der Waals surface area contributed by atoms with E-state index in [9.17, 15) is 5.11 Å². The Morgan fingerprint density at radius 1 is 1.40 bits per heavy atom. The Bertz CT molecular complexity index is 429. The fraction of sp³-hybridized carbons (Fsp3) is 0.562. The number of aliphatic hydroxyl groups excluding tert-OH is 1. The number of likely N-dealkylation sites (N-methyl/N-ethyl adjacent to an activating group) is 1. The number of unbranched alkanes of at least 4 members (excludes halogenated alkanes) is 2. The van der Waals surface area contributed by atoms with Crippen molar-refractivity contribution in [3.05, 3.63) is 29.8 Å². The molecule has 110 valence electrons. The van der Waals surface area contributed by atoms with Gasteiger partial charge in [0.15, 0.2) is 0 Å². The molecule has 1 rings (SSSR count). The van der Waals surface area contributed by atoms with Gasteiger partial charge in [-0.2, -0.15) is 5.26 Å². The number of aliphatic hydroxyl groups is 1. The van der Waals surface area contributed by atoms with Crippen LogP contribution in [0.5, 0.6) is 5.75 Å². The summed E-state index contributed by atoms with van der Waals surface area (Å²) in [6.07, 6.45) is 3.06. The molecular weight excluding hydrogens is 252 g/mol. The van der Waals surface area contributed by atoms with Gasteiger partial charge in [-0.25, -0.2) is 0 Å². The van der Waals surface area contributed by atoms with E-state index in [-0.39, 0.29) is 6.61 Å². The molecule has 0 saturated carbocycles. The molecule has 0 fully saturated rings. The van der Waals surface area contributed by atoms with E-state index >= 15 is 0 Å². The van der Waals surface area contributed by atoms with Crippen molar-refractivity contribution >= 4 is 0 Å². The third kappa shape index (κ3) is 6.55. The number of benzene rings is 1. The lowest BCUT2D eigenvalue weighted by molar-refractivity contribution is 0.0759. The lowest BCUT2D eigenvalue weighted by atomic mass is 10.2. The molecule has 0 heterocycles. The first kappa shape index (κ1) is 16.5. The molecule has 1 atom stereocenters. The summed E-state index contributed by atoms with van der Waals surface area (Å²) in [5, 5.41) is 18.7. The number of ether oxygens (including phenoxy) is 1. The van der Waals surface area contributed by atoms with Crippen molar-refractivity contribution in [1.82, 2.24) is 4.90 Å². The second-order valence-electron chi connectivity index (χ2n) is 5.07. The molecule has 1 aromatic carbocycles. The Hall–Kier alpha value is -1.57. The molecule has 0 aliphatic rings. The van der Waals surface area contributed by atoms with Crippen molar-refractivity contribution in [3.63, 3.8) is 0 Å². The summed E-state index contributed by atoms with van der Waals surface area (Å²) in [5.74, 6) is 0.622. The lowest BCUT2D eigenvalue weighted by Crippen LogP contribution is -2.33. The third-order valence-corrected chi connectivity index (χ3v) is 3.07. The maximum absolute atomic E-state index is 9.93. The predicted molar refractivity (Wildman–Crippen MR) is 79.7 cm³/mol. The topological polar surface area (TPSA) is 56.5 Å². The van der Waals surface area contributed by atoms with Gasteiger partial charge in [-0.1, -0.05) is 25.8 Å². The fourth-order valence-electron chi connectivity index (χ4n) is 1.98. The largest absolute Gasteiger partial charge is 0.491 e. The molecule has 1 unspecified atom stereocenters. The van der Waals surface area contributed by atoms with E-state index in [1.165, 1.54) is 12.8 Å². The predicted octanol–water partition coefficient (Wildman–Crippen LogP) is 2.42. The summed E-state index contributed by atoms with van der Waals surface area (Å²) in [6, 6.07) is 9.04. The molecule has 4 nitrogen and oxygen atoms in total. The first-order valence-corrected chi connectivity index (χ1v) is 7.15. The Labute approximate surface area is 121 Å². The van der Waals surface area contributed by atoms with Crippen molar-refractivity contribution in [1.29, 1.82) is 5.26 Å². The Morgan fingerprint density at radius 3 is 2.90 bits per heavy atom. The van der Waals surface area contributed by atoms with Crippen molar-refractivity contribution in [2.45, 2.75) is 32.3 Å². The Balaban J connectivity index is 2.28. The minimum absolute atomic E-state index is 0.243. The Kier molecular flexibility index (Phi) is 7.71. The average Bonchev–Trinajstić information content (AvgIpc) is 2.45. The number of hydrogen-bond acceptors (Lipinski definition) is 4. The van der Waals surface area contributed by atoms with Gasteiger partial charge >= 0.3 is 0 Å². The van der Waals surface area contributed by atoms with Gasteiger partial charge in [0.25, 0.3) is 0 Å². The van der Waals surface area contributed by atoms with Crippen LogP contribution in [0.1, 0.15) is 31.7 Å². The van der Waals surface area contributed by atoms with Crippen LogP contribution in [0.4, 0.5) is 0 Å². The summed E-state index contributed by atoms with van der Waals surface area (Å²) in [7, 11) is 2.01. The van der Waals surface area contributed by atoms with Gasteiger partial charge in [0.1, 0.15) is 18.5 Å². The maximum atomic E-state index is 9.93. The molecular formula is C16H24N2O2. The zero-order valence-corrected chi connectivity index (χ0v) is 12.4. The molecule has 1 aromatic rings. The maximum Gasteiger partial charge on any atom is 0.120 e. The molecule has 0 saturated heterocycles. The van der Waals surface area contributed by atoms with E-state index in [4.69, 9.17) is 10.00 Å². The smallest absolute Gasteiger partial charge is 0.120 e. The van der Waals surface area contributed by atoms with Gasteiger partial charge in [0.05, 0.1) is 11.6 Å². The monoisotopic (exact) mass is 276 g/mol. The molecule has 0 aliphatic carbocycles. The van der Waals surface area contributed by atoms with Crippen molar-refractivity contribution in [2.75, 3.05) is 26.7 Å². The van der Waals surface area contributed by atoms with E-state index < -0.39 is 6.10 Å². The molecule has 20 heavy (non-hydrogen) atoms. The van der Waals surface area contributed by atoms with Gasteiger partial charge in [0, 0.05) is 6.54 Å². The lowest BCUT2D eigenvalue weighted by Gasteiger charge is -2.20. The zero-order valence-electron chi connectivity index (χ0n) is 12.4. The van der Waals surface area contributed by atoms with E-state index in [0.717, 1.165) is 13.0 Å². The zero-order chi connectivity index (χ0) is 14.8. The van der Waals surface area contributed by atoms with Crippen LogP contribution in [0.3, 0.4) is 0 Å². The number of rotatable bonds is 9. The van der Waals surface area contributed by atoms with E-state index in [0.29, 0.717) is 17.9 Å². The van der Waals surface area contributed by atoms with Crippen LogP contribution in [-0.4, -0.2) is 42.9 Å². The highest BCUT2D eigenvalue weighted by Gasteiger charge is 2.09. The van der Waals surface area contributed by atoms with E-state index in [1.54, 1.807) is 24.3 Å². The highest BCUT2D eigenvalue weighted by Crippen LogP contribution is 2.12. The Morgan fingerprint density at radius 2 is 2.20 bits per heavy atom.